The van der Waals surface area contributed by atoms with Crippen molar-refractivity contribution in [2.45, 2.75) is 13.0 Å². The van der Waals surface area contributed by atoms with Gasteiger partial charge in [-0.1, -0.05) is 12.1 Å². The molecule has 2 aromatic rings. The van der Waals surface area contributed by atoms with Crippen molar-refractivity contribution in [2.24, 2.45) is 5.73 Å². The molecular weight excluding hydrogens is 297 g/mol. The number of ether oxygens (including phenoxy) is 1. The molecule has 0 aliphatic carbocycles. The summed E-state index contributed by atoms with van der Waals surface area (Å²) >= 11 is 3.26. The van der Waals surface area contributed by atoms with E-state index in [4.69, 9.17) is 10.5 Å². The van der Waals surface area contributed by atoms with Crippen LogP contribution in [0.15, 0.2) is 46.9 Å². The van der Waals surface area contributed by atoms with Crippen molar-refractivity contribution >= 4 is 15.9 Å². The summed E-state index contributed by atoms with van der Waals surface area (Å²) in [5.74, 6) is 0.939. The fraction of sp³-hybridized carbons (Fsp3) is 0.143. The maximum absolute atomic E-state index is 13.0. The van der Waals surface area contributed by atoms with Crippen LogP contribution in [0.4, 0.5) is 4.39 Å². The van der Waals surface area contributed by atoms with Crippen LogP contribution >= 0.6 is 15.9 Å². The van der Waals surface area contributed by atoms with Crippen molar-refractivity contribution in [3.63, 3.8) is 0 Å². The SMILES string of the molecule is CC(N)c1cccc(Oc2ccc(F)cc2Br)c1. The standard InChI is InChI=1S/C14H13BrFNO/c1-9(17)10-3-2-4-12(7-10)18-14-6-5-11(16)8-13(14)15/h2-9H,17H2,1H3. The van der Waals surface area contributed by atoms with Crippen molar-refractivity contribution in [3.05, 3.63) is 58.3 Å². The van der Waals surface area contributed by atoms with Crippen LogP contribution in [-0.2, 0) is 0 Å². The number of hydrogen-bond acceptors (Lipinski definition) is 2. The minimum atomic E-state index is -0.307. The van der Waals surface area contributed by atoms with Gasteiger partial charge in [-0.05, 0) is 58.7 Å². The van der Waals surface area contributed by atoms with Crippen molar-refractivity contribution in [1.29, 1.82) is 0 Å². The van der Waals surface area contributed by atoms with Crippen LogP contribution in [0.5, 0.6) is 11.5 Å². The maximum atomic E-state index is 13.0. The summed E-state index contributed by atoms with van der Waals surface area (Å²) in [4.78, 5) is 0. The van der Waals surface area contributed by atoms with E-state index in [0.29, 0.717) is 16.0 Å². The first-order valence-electron chi connectivity index (χ1n) is 5.54. The molecule has 0 heterocycles. The van der Waals surface area contributed by atoms with Gasteiger partial charge in [0.2, 0.25) is 0 Å². The first kappa shape index (κ1) is 13.1. The Bertz CT molecular complexity index is 557. The van der Waals surface area contributed by atoms with E-state index in [2.05, 4.69) is 15.9 Å². The smallest absolute Gasteiger partial charge is 0.141 e. The van der Waals surface area contributed by atoms with Gasteiger partial charge in [-0.25, -0.2) is 4.39 Å². The van der Waals surface area contributed by atoms with Crippen LogP contribution < -0.4 is 10.5 Å². The van der Waals surface area contributed by atoms with Crippen LogP contribution in [0.25, 0.3) is 0 Å². The van der Waals surface area contributed by atoms with Gasteiger partial charge < -0.3 is 10.5 Å². The summed E-state index contributed by atoms with van der Waals surface area (Å²) in [5, 5.41) is 0. The minimum Gasteiger partial charge on any atom is -0.456 e. The molecule has 0 radical (unpaired) electrons. The Balaban J connectivity index is 2.25. The van der Waals surface area contributed by atoms with Gasteiger partial charge in [-0.2, -0.15) is 0 Å². The second-order valence-corrected chi connectivity index (χ2v) is 4.89. The molecule has 0 fully saturated rings. The normalized spacial score (nSPS) is 12.2. The highest BCUT2D eigenvalue weighted by Crippen LogP contribution is 2.30. The zero-order valence-electron chi connectivity index (χ0n) is 9.86. The average molecular weight is 310 g/mol. The molecule has 18 heavy (non-hydrogen) atoms. The zero-order chi connectivity index (χ0) is 13.1. The molecule has 2 nitrogen and oxygen atoms in total. The Labute approximate surface area is 114 Å². The molecule has 94 valence electrons. The Morgan fingerprint density at radius 1 is 1.22 bits per heavy atom. The Kier molecular flexibility index (Phi) is 3.99. The molecule has 1 atom stereocenters. The highest BCUT2D eigenvalue weighted by atomic mass is 79.9. The van der Waals surface area contributed by atoms with Crippen molar-refractivity contribution in [2.75, 3.05) is 0 Å². The average Bonchev–Trinajstić information content (AvgIpc) is 2.33. The van der Waals surface area contributed by atoms with Crippen molar-refractivity contribution in [3.8, 4) is 11.5 Å². The van der Waals surface area contributed by atoms with Gasteiger partial charge in [0, 0.05) is 6.04 Å². The van der Waals surface area contributed by atoms with Crippen molar-refractivity contribution < 1.29 is 9.13 Å². The minimum absolute atomic E-state index is 0.0507. The summed E-state index contributed by atoms with van der Waals surface area (Å²) in [5.41, 5.74) is 6.80. The van der Waals surface area contributed by atoms with Crippen LogP contribution in [0.2, 0.25) is 0 Å². The molecule has 0 aromatic heterocycles. The first-order chi connectivity index (χ1) is 8.56. The summed E-state index contributed by atoms with van der Waals surface area (Å²) < 4.78 is 19.2. The van der Waals surface area contributed by atoms with Crippen LogP contribution in [0.1, 0.15) is 18.5 Å². The van der Waals surface area contributed by atoms with Crippen LogP contribution in [0.3, 0.4) is 0 Å². The largest absolute Gasteiger partial charge is 0.456 e. The molecule has 2 aromatic carbocycles. The molecule has 0 saturated heterocycles. The van der Waals surface area contributed by atoms with E-state index in [9.17, 15) is 4.39 Å². The highest BCUT2D eigenvalue weighted by molar-refractivity contribution is 9.10. The molecule has 2 N–H and O–H groups in total. The molecule has 0 aliphatic heterocycles. The molecular formula is C14H13BrFNO. The highest BCUT2D eigenvalue weighted by Gasteiger charge is 2.06. The van der Waals surface area contributed by atoms with Crippen LogP contribution in [0, 0.1) is 5.82 Å². The van der Waals surface area contributed by atoms with E-state index in [1.165, 1.54) is 12.1 Å². The molecule has 0 aliphatic rings. The molecule has 4 heteroatoms. The number of benzene rings is 2. The van der Waals surface area contributed by atoms with Gasteiger partial charge >= 0.3 is 0 Å². The Morgan fingerprint density at radius 3 is 2.67 bits per heavy atom. The third-order valence-corrected chi connectivity index (χ3v) is 3.13. The van der Waals surface area contributed by atoms with Gasteiger partial charge in [0.15, 0.2) is 0 Å². The van der Waals surface area contributed by atoms with Gasteiger partial charge in [0.25, 0.3) is 0 Å². The summed E-state index contributed by atoms with van der Waals surface area (Å²) in [6, 6.07) is 11.8. The topological polar surface area (TPSA) is 35.2 Å². The van der Waals surface area contributed by atoms with Gasteiger partial charge in [0.05, 0.1) is 4.47 Å². The predicted octanol–water partition coefficient (Wildman–Crippen LogP) is 4.40. The fourth-order valence-corrected chi connectivity index (χ4v) is 1.98. The number of hydrogen-bond donors (Lipinski definition) is 1. The van der Waals surface area contributed by atoms with Gasteiger partial charge in [-0.3, -0.25) is 0 Å². The lowest BCUT2D eigenvalue weighted by atomic mass is 10.1. The van der Waals surface area contributed by atoms with E-state index in [1.54, 1.807) is 6.07 Å². The van der Waals surface area contributed by atoms with Crippen LogP contribution in [-0.4, -0.2) is 0 Å². The van der Waals surface area contributed by atoms with E-state index < -0.39 is 0 Å². The predicted molar refractivity (Wildman–Crippen MR) is 73.2 cm³/mol. The number of nitrogens with two attached hydrogens (primary N) is 1. The lowest BCUT2D eigenvalue weighted by molar-refractivity contribution is 0.476. The first-order valence-corrected chi connectivity index (χ1v) is 6.34. The maximum Gasteiger partial charge on any atom is 0.141 e. The van der Waals surface area contributed by atoms with E-state index in [-0.39, 0.29) is 11.9 Å². The molecule has 0 amide bonds. The third kappa shape index (κ3) is 3.09. The third-order valence-electron chi connectivity index (χ3n) is 2.51. The number of halogens is 2. The Hall–Kier alpha value is -1.39. The fourth-order valence-electron chi connectivity index (χ4n) is 1.55. The monoisotopic (exact) mass is 309 g/mol. The molecule has 2 rings (SSSR count). The summed E-state index contributed by atoms with van der Waals surface area (Å²) in [7, 11) is 0. The van der Waals surface area contributed by atoms with Gasteiger partial charge in [-0.15, -0.1) is 0 Å². The summed E-state index contributed by atoms with van der Waals surface area (Å²) in [6.45, 7) is 1.91. The zero-order valence-corrected chi connectivity index (χ0v) is 11.4. The van der Waals surface area contributed by atoms with Crippen molar-refractivity contribution in [1.82, 2.24) is 0 Å². The van der Waals surface area contributed by atoms with E-state index in [0.717, 1.165) is 5.56 Å². The van der Waals surface area contributed by atoms with E-state index in [1.807, 2.05) is 31.2 Å². The molecule has 1 unspecified atom stereocenters. The quantitative estimate of drug-likeness (QED) is 0.912. The van der Waals surface area contributed by atoms with Gasteiger partial charge in [0.1, 0.15) is 17.3 Å². The second-order valence-electron chi connectivity index (χ2n) is 4.04. The lowest BCUT2D eigenvalue weighted by Crippen LogP contribution is -2.04. The molecule has 0 saturated carbocycles. The molecule has 0 bridgehead atoms. The lowest BCUT2D eigenvalue weighted by Gasteiger charge is -2.10. The summed E-state index contributed by atoms with van der Waals surface area (Å²) in [6.07, 6.45) is 0. The molecule has 0 spiro atoms. The van der Waals surface area contributed by atoms with E-state index >= 15 is 0 Å². The Morgan fingerprint density at radius 2 is 2.00 bits per heavy atom. The number of rotatable bonds is 3. The second kappa shape index (κ2) is 5.50.